The van der Waals surface area contributed by atoms with Crippen molar-refractivity contribution in [3.8, 4) is 0 Å². The molecule has 0 aromatic carbocycles. The molecule has 0 bridgehead atoms. The van der Waals surface area contributed by atoms with E-state index in [1.165, 1.54) is 0 Å². The van der Waals surface area contributed by atoms with Crippen molar-refractivity contribution in [2.45, 2.75) is 28.7 Å². The molecule has 0 aliphatic carbocycles. The van der Waals surface area contributed by atoms with Crippen molar-refractivity contribution in [1.29, 1.82) is 0 Å². The van der Waals surface area contributed by atoms with Gasteiger partial charge < -0.3 is 0 Å². The molecule has 10 heteroatoms. The zero-order chi connectivity index (χ0) is 13.4. The van der Waals surface area contributed by atoms with Gasteiger partial charge in [0.2, 0.25) is 0 Å². The van der Waals surface area contributed by atoms with Crippen LogP contribution in [0, 0.1) is 0 Å². The van der Waals surface area contributed by atoms with Crippen molar-refractivity contribution < 1.29 is 35.1 Å². The molecule has 0 radical (unpaired) electrons. The summed E-state index contributed by atoms with van der Waals surface area (Å²) in [5.41, 5.74) is 0. The molecule has 0 aromatic heterocycles. The van der Waals surface area contributed by atoms with Gasteiger partial charge in [-0.3, -0.25) is 5.32 Å². The predicted molar refractivity (Wildman–Crippen MR) is 47.5 cm³/mol. The summed E-state index contributed by atoms with van der Waals surface area (Å²) in [5, 5.41) is 0.740. The smallest absolute Gasteiger partial charge is 0.253 e. The fourth-order valence-electron chi connectivity index (χ4n) is 0.708. The third kappa shape index (κ3) is 2.51. The highest BCUT2D eigenvalue weighted by Crippen LogP contribution is 2.53. The molecular formula is C6H6F8IN. The fourth-order valence-corrected chi connectivity index (χ4v) is 1.05. The van der Waals surface area contributed by atoms with E-state index in [1.54, 1.807) is 0 Å². The molecule has 0 rings (SSSR count). The molecule has 1 N–H and O–H groups in total. The van der Waals surface area contributed by atoms with Gasteiger partial charge in [0.1, 0.15) is 0 Å². The number of hydrogen-bond donors (Lipinski definition) is 1. The van der Waals surface area contributed by atoms with Crippen LogP contribution in [0.2, 0.25) is 0 Å². The molecule has 16 heavy (non-hydrogen) atoms. The van der Waals surface area contributed by atoms with Gasteiger partial charge >= 0.3 is 21.8 Å². The van der Waals surface area contributed by atoms with E-state index in [9.17, 15) is 35.1 Å². The lowest BCUT2D eigenvalue weighted by Gasteiger charge is -2.34. The molecule has 98 valence electrons. The standard InChI is InChI=1S/C6H6F8IN/c1-2-16-6(13,14)4(9,10)3(7,8)5(11,12)15/h16H,2H2,1H3. The van der Waals surface area contributed by atoms with Gasteiger partial charge in [0.15, 0.2) is 0 Å². The van der Waals surface area contributed by atoms with Crippen LogP contribution in [0.1, 0.15) is 6.92 Å². The van der Waals surface area contributed by atoms with Crippen molar-refractivity contribution in [2.75, 3.05) is 6.54 Å². The molecule has 0 heterocycles. The Bertz CT molecular complexity index is 247. The Morgan fingerprint density at radius 1 is 0.875 bits per heavy atom. The number of hydrogen-bond acceptors (Lipinski definition) is 1. The Hall–Kier alpha value is 0.130. The van der Waals surface area contributed by atoms with Crippen LogP contribution < -0.4 is 5.32 Å². The maximum absolute atomic E-state index is 12.6. The van der Waals surface area contributed by atoms with Crippen LogP contribution in [0.5, 0.6) is 0 Å². The molecule has 1 nitrogen and oxygen atoms in total. The maximum atomic E-state index is 12.6. The van der Waals surface area contributed by atoms with Crippen LogP contribution in [0.15, 0.2) is 0 Å². The minimum atomic E-state index is -6.21. The quantitative estimate of drug-likeness (QED) is 0.338. The molecule has 0 saturated heterocycles. The largest absolute Gasteiger partial charge is 0.393 e. The molecule has 0 aromatic rings. The average Bonchev–Trinajstić information content (AvgIpc) is 2.01. The lowest BCUT2D eigenvalue weighted by atomic mass is 10.1. The van der Waals surface area contributed by atoms with E-state index in [1.807, 2.05) is 0 Å². The van der Waals surface area contributed by atoms with E-state index in [0.717, 1.165) is 12.2 Å². The third-order valence-corrected chi connectivity index (χ3v) is 2.22. The first-order valence-corrected chi connectivity index (χ1v) is 4.84. The van der Waals surface area contributed by atoms with Gasteiger partial charge in [-0.15, -0.1) is 0 Å². The number of rotatable bonds is 5. The van der Waals surface area contributed by atoms with Gasteiger partial charge in [0.05, 0.1) is 0 Å². The minimum absolute atomic E-state index is 0.311. The van der Waals surface area contributed by atoms with Crippen LogP contribution in [-0.2, 0) is 0 Å². The van der Waals surface area contributed by atoms with E-state index in [-0.39, 0.29) is 22.6 Å². The van der Waals surface area contributed by atoms with Gasteiger partial charge in [0, 0.05) is 22.6 Å². The van der Waals surface area contributed by atoms with Gasteiger partial charge in [0.25, 0.3) is 0 Å². The highest BCUT2D eigenvalue weighted by molar-refractivity contribution is 14.1. The van der Waals surface area contributed by atoms with Crippen LogP contribution in [-0.4, -0.2) is 28.4 Å². The summed E-state index contributed by atoms with van der Waals surface area (Å²) in [6, 6.07) is -5.43. The summed E-state index contributed by atoms with van der Waals surface area (Å²) in [6.07, 6.45) is 0. The molecule has 0 unspecified atom stereocenters. The zero-order valence-electron chi connectivity index (χ0n) is 7.61. The normalized spacial score (nSPS) is 15.4. The molecular weight excluding hydrogens is 365 g/mol. The Kier molecular flexibility index (Phi) is 4.46. The van der Waals surface area contributed by atoms with E-state index in [4.69, 9.17) is 0 Å². The molecule has 0 saturated carbocycles. The Morgan fingerprint density at radius 2 is 1.25 bits per heavy atom. The second-order valence-corrected chi connectivity index (χ2v) is 4.11. The molecule has 0 aliphatic heterocycles. The first-order chi connectivity index (χ1) is 6.81. The Labute approximate surface area is 98.7 Å². The van der Waals surface area contributed by atoms with E-state index < -0.39 is 28.4 Å². The Morgan fingerprint density at radius 3 is 1.50 bits per heavy atom. The van der Waals surface area contributed by atoms with Gasteiger partial charge in [-0.05, 0) is 6.54 Å². The SMILES string of the molecule is CCNC(F)(F)C(F)(F)C(F)(F)C(F)(F)I. The molecule has 0 amide bonds. The summed E-state index contributed by atoms with van der Waals surface area (Å²) in [4.78, 5) is 0. The molecule has 0 atom stereocenters. The van der Waals surface area contributed by atoms with Crippen molar-refractivity contribution in [1.82, 2.24) is 5.32 Å². The monoisotopic (exact) mass is 371 g/mol. The zero-order valence-corrected chi connectivity index (χ0v) is 9.77. The third-order valence-electron chi connectivity index (χ3n) is 1.54. The topological polar surface area (TPSA) is 12.0 Å². The van der Waals surface area contributed by atoms with E-state index in [2.05, 4.69) is 0 Å². The highest BCUT2D eigenvalue weighted by Gasteiger charge is 2.80. The summed E-state index contributed by atoms with van der Waals surface area (Å²) in [6.45, 7) is 0.149. The van der Waals surface area contributed by atoms with Crippen LogP contribution >= 0.6 is 22.6 Å². The molecule has 0 spiro atoms. The van der Waals surface area contributed by atoms with Gasteiger partial charge in [-0.2, -0.15) is 35.1 Å². The fraction of sp³-hybridized carbons (Fsp3) is 1.00. The molecule has 0 fully saturated rings. The first kappa shape index (κ1) is 16.1. The second-order valence-electron chi connectivity index (χ2n) is 2.75. The molecule has 0 aliphatic rings. The van der Waals surface area contributed by atoms with Crippen LogP contribution in [0.25, 0.3) is 0 Å². The van der Waals surface area contributed by atoms with Crippen molar-refractivity contribution in [2.24, 2.45) is 0 Å². The maximum Gasteiger partial charge on any atom is 0.393 e. The van der Waals surface area contributed by atoms with E-state index >= 15 is 0 Å². The Balaban J connectivity index is 5.34. The van der Waals surface area contributed by atoms with Crippen molar-refractivity contribution in [3.63, 3.8) is 0 Å². The first-order valence-electron chi connectivity index (χ1n) is 3.76. The highest BCUT2D eigenvalue weighted by atomic mass is 127. The summed E-state index contributed by atoms with van der Waals surface area (Å²) in [7, 11) is 0. The predicted octanol–water partition coefficient (Wildman–Crippen LogP) is 3.49. The second kappa shape index (κ2) is 4.42. The van der Waals surface area contributed by atoms with Crippen LogP contribution in [0.4, 0.5) is 35.1 Å². The van der Waals surface area contributed by atoms with Gasteiger partial charge in [-0.25, -0.2) is 0 Å². The lowest BCUT2D eigenvalue weighted by molar-refractivity contribution is -0.349. The number of halogens is 9. The van der Waals surface area contributed by atoms with E-state index in [0.29, 0.717) is 0 Å². The van der Waals surface area contributed by atoms with Crippen LogP contribution in [0.3, 0.4) is 0 Å². The summed E-state index contributed by atoms with van der Waals surface area (Å²) in [5.74, 6) is -12.4. The van der Waals surface area contributed by atoms with Gasteiger partial charge in [-0.1, -0.05) is 6.92 Å². The number of nitrogens with one attached hydrogen (secondary N) is 1. The summed E-state index contributed by atoms with van der Waals surface area (Å²) >= 11 is -0.311. The minimum Gasteiger partial charge on any atom is -0.253 e. The van der Waals surface area contributed by atoms with Crippen molar-refractivity contribution in [3.05, 3.63) is 0 Å². The lowest BCUT2D eigenvalue weighted by Crippen LogP contribution is -2.65. The van der Waals surface area contributed by atoms with Crippen molar-refractivity contribution >= 4 is 22.6 Å². The number of alkyl halides is 9. The average molecular weight is 371 g/mol. The summed E-state index contributed by atoms with van der Waals surface area (Å²) < 4.78 is 94.4.